The van der Waals surface area contributed by atoms with Crippen molar-refractivity contribution >= 4 is 34.5 Å². The van der Waals surface area contributed by atoms with E-state index in [-0.39, 0.29) is 11.5 Å². The van der Waals surface area contributed by atoms with E-state index in [0.717, 1.165) is 17.8 Å². The molecule has 2 aromatic heterocycles. The molecular weight excluding hydrogens is 412 g/mol. The number of aromatic nitrogens is 2. The summed E-state index contributed by atoms with van der Waals surface area (Å²) in [6.07, 6.45) is 2.42. The highest BCUT2D eigenvalue weighted by Gasteiger charge is 2.25. The molecule has 0 fully saturated rings. The molecule has 0 aliphatic carbocycles. The lowest BCUT2D eigenvalue weighted by Crippen LogP contribution is -2.28. The van der Waals surface area contributed by atoms with Gasteiger partial charge in [-0.25, -0.2) is 4.98 Å². The van der Waals surface area contributed by atoms with E-state index in [9.17, 15) is 9.59 Å². The number of benzene rings is 2. The van der Waals surface area contributed by atoms with Crippen molar-refractivity contribution in [1.82, 2.24) is 9.38 Å². The molecule has 2 aromatic carbocycles. The van der Waals surface area contributed by atoms with Gasteiger partial charge in [0.15, 0.2) is 0 Å². The van der Waals surface area contributed by atoms with Crippen molar-refractivity contribution in [3.8, 4) is 0 Å². The number of hydrogen-bond donors (Lipinski definition) is 1. The predicted octanol–water partition coefficient (Wildman–Crippen LogP) is 4.16. The van der Waals surface area contributed by atoms with Gasteiger partial charge in [-0.1, -0.05) is 35.9 Å². The Balaban J connectivity index is 1.34. The molecule has 7 heteroatoms. The topological polar surface area (TPSA) is 66.7 Å². The molecule has 1 aliphatic heterocycles. The largest absolute Gasteiger partial charge is 0.379 e. The molecule has 1 N–H and O–H groups in total. The lowest BCUT2D eigenvalue weighted by molar-refractivity contribution is 0.0989. The first-order valence-corrected chi connectivity index (χ1v) is 10.4. The number of fused-ring (bicyclic) bond motifs is 2. The first kappa shape index (κ1) is 19.3. The second-order valence-electron chi connectivity index (χ2n) is 7.43. The van der Waals surface area contributed by atoms with Crippen LogP contribution in [0, 0.1) is 0 Å². The lowest BCUT2D eigenvalue weighted by Gasteiger charge is -2.18. The van der Waals surface area contributed by atoms with Gasteiger partial charge in [-0.2, -0.15) is 0 Å². The van der Waals surface area contributed by atoms with Crippen LogP contribution < -0.4 is 15.8 Å². The number of hydrogen-bond acceptors (Lipinski definition) is 4. The maximum absolute atomic E-state index is 13.1. The van der Waals surface area contributed by atoms with Gasteiger partial charge in [0.2, 0.25) is 0 Å². The van der Waals surface area contributed by atoms with Crippen LogP contribution in [-0.2, 0) is 13.0 Å². The van der Waals surface area contributed by atoms with Gasteiger partial charge in [0.25, 0.3) is 11.5 Å². The van der Waals surface area contributed by atoms with Crippen LogP contribution in [-0.4, -0.2) is 21.8 Å². The Morgan fingerprint density at radius 1 is 1.06 bits per heavy atom. The third-order valence-corrected chi connectivity index (χ3v) is 5.62. The summed E-state index contributed by atoms with van der Waals surface area (Å²) in [5.41, 5.74) is 4.52. The fraction of sp³-hybridized carbons (Fsp3) is 0.125. The van der Waals surface area contributed by atoms with Gasteiger partial charge >= 0.3 is 0 Å². The molecule has 31 heavy (non-hydrogen) atoms. The maximum Gasteiger partial charge on any atom is 0.258 e. The third kappa shape index (κ3) is 3.78. The molecule has 0 atom stereocenters. The van der Waals surface area contributed by atoms with Crippen molar-refractivity contribution in [1.29, 1.82) is 0 Å². The monoisotopic (exact) mass is 430 g/mol. The van der Waals surface area contributed by atoms with E-state index in [2.05, 4.69) is 16.4 Å². The van der Waals surface area contributed by atoms with E-state index in [1.807, 2.05) is 47.4 Å². The minimum absolute atomic E-state index is 0.0208. The summed E-state index contributed by atoms with van der Waals surface area (Å²) in [4.78, 5) is 31.8. The Kier molecular flexibility index (Phi) is 4.92. The number of pyridine rings is 1. The van der Waals surface area contributed by atoms with Gasteiger partial charge in [0, 0.05) is 35.7 Å². The average Bonchev–Trinajstić information content (AvgIpc) is 3.22. The Hall–Kier alpha value is -3.64. The molecular formula is C24H19ClN4O2. The van der Waals surface area contributed by atoms with E-state index in [1.165, 1.54) is 16.0 Å². The van der Waals surface area contributed by atoms with Gasteiger partial charge in [-0.05, 0) is 48.4 Å². The highest BCUT2D eigenvalue weighted by Crippen LogP contribution is 2.29. The minimum atomic E-state index is -0.194. The van der Waals surface area contributed by atoms with Gasteiger partial charge in [-0.3, -0.25) is 14.0 Å². The van der Waals surface area contributed by atoms with Crippen LogP contribution in [0.2, 0.25) is 5.02 Å². The highest BCUT2D eigenvalue weighted by atomic mass is 35.5. The van der Waals surface area contributed by atoms with Crippen molar-refractivity contribution in [3.63, 3.8) is 0 Å². The molecule has 1 amide bonds. The van der Waals surface area contributed by atoms with Gasteiger partial charge in [-0.15, -0.1) is 0 Å². The molecule has 0 radical (unpaired) electrons. The predicted molar refractivity (Wildman–Crippen MR) is 122 cm³/mol. The number of carbonyl (C=O) groups excluding carboxylic acids is 1. The Bertz CT molecular complexity index is 1370. The molecule has 154 valence electrons. The maximum atomic E-state index is 13.1. The molecule has 0 unspecified atom stereocenters. The summed E-state index contributed by atoms with van der Waals surface area (Å²) in [6.45, 7) is 1.05. The summed E-state index contributed by atoms with van der Waals surface area (Å²) in [5.74, 6) is -0.0208. The zero-order valence-corrected chi connectivity index (χ0v) is 17.3. The molecule has 3 heterocycles. The van der Waals surface area contributed by atoms with Crippen LogP contribution in [0.3, 0.4) is 0 Å². The average molecular weight is 431 g/mol. The number of carbonyl (C=O) groups is 1. The van der Waals surface area contributed by atoms with Crippen molar-refractivity contribution in [2.24, 2.45) is 0 Å². The van der Waals surface area contributed by atoms with E-state index >= 15 is 0 Å². The molecule has 0 saturated heterocycles. The smallest absolute Gasteiger partial charge is 0.258 e. The van der Waals surface area contributed by atoms with Crippen molar-refractivity contribution in [3.05, 3.63) is 105 Å². The van der Waals surface area contributed by atoms with Crippen LogP contribution in [0.25, 0.3) is 5.65 Å². The van der Waals surface area contributed by atoms with Gasteiger partial charge in [0.1, 0.15) is 5.65 Å². The second-order valence-corrected chi connectivity index (χ2v) is 7.87. The molecule has 0 spiro atoms. The molecule has 5 rings (SSSR count). The number of nitrogens with zero attached hydrogens (tertiary/aromatic N) is 3. The second kappa shape index (κ2) is 7.89. The van der Waals surface area contributed by atoms with Crippen LogP contribution >= 0.6 is 11.6 Å². The van der Waals surface area contributed by atoms with Crippen LogP contribution in [0.1, 0.15) is 21.6 Å². The summed E-state index contributed by atoms with van der Waals surface area (Å²) < 4.78 is 1.42. The molecule has 0 saturated carbocycles. The Morgan fingerprint density at radius 2 is 1.94 bits per heavy atom. The highest BCUT2D eigenvalue weighted by molar-refractivity contribution is 6.30. The quantitative estimate of drug-likeness (QED) is 0.528. The molecule has 6 nitrogen and oxygen atoms in total. The van der Waals surface area contributed by atoms with E-state index in [1.54, 1.807) is 18.3 Å². The van der Waals surface area contributed by atoms with Crippen LogP contribution in [0.15, 0.2) is 77.7 Å². The zero-order chi connectivity index (χ0) is 21.4. The molecule has 1 aliphatic rings. The zero-order valence-electron chi connectivity index (χ0n) is 16.6. The van der Waals surface area contributed by atoms with E-state index in [4.69, 9.17) is 11.6 Å². The van der Waals surface area contributed by atoms with Crippen molar-refractivity contribution in [2.45, 2.75) is 13.0 Å². The Labute approximate surface area is 183 Å². The standard InChI is InChI=1S/C24H19ClN4O2/c25-18-8-9-22-27-20(13-23(30)29(22)15-18)14-26-19-6-3-5-17(12-19)24(31)28-11-10-16-4-1-2-7-21(16)28/h1-9,12-13,15,26H,10-11,14H2. The molecule has 4 aromatic rings. The first-order chi connectivity index (χ1) is 15.1. The number of amides is 1. The van der Waals surface area contributed by atoms with E-state index in [0.29, 0.717) is 35.0 Å². The summed E-state index contributed by atoms with van der Waals surface area (Å²) in [6, 6.07) is 20.3. The number of para-hydroxylation sites is 1. The van der Waals surface area contributed by atoms with E-state index < -0.39 is 0 Å². The lowest BCUT2D eigenvalue weighted by atomic mass is 10.1. The fourth-order valence-corrected chi connectivity index (χ4v) is 4.04. The number of rotatable bonds is 4. The normalized spacial score (nSPS) is 12.7. The van der Waals surface area contributed by atoms with Crippen molar-refractivity contribution in [2.75, 3.05) is 16.8 Å². The fourth-order valence-electron chi connectivity index (χ4n) is 3.88. The van der Waals surface area contributed by atoms with Gasteiger partial charge in [0.05, 0.1) is 17.3 Å². The van der Waals surface area contributed by atoms with Crippen LogP contribution in [0.5, 0.6) is 0 Å². The third-order valence-electron chi connectivity index (χ3n) is 5.39. The Morgan fingerprint density at radius 3 is 2.84 bits per heavy atom. The minimum Gasteiger partial charge on any atom is -0.379 e. The molecule has 0 bridgehead atoms. The number of anilines is 2. The SMILES string of the molecule is O=C(c1cccc(NCc2cc(=O)n3cc(Cl)ccc3n2)c1)N1CCc2ccccc21. The van der Waals surface area contributed by atoms with Gasteiger partial charge < -0.3 is 10.2 Å². The summed E-state index contributed by atoms with van der Waals surface area (Å²) in [5, 5.41) is 3.74. The van der Waals surface area contributed by atoms with Crippen molar-refractivity contribution < 1.29 is 4.79 Å². The summed E-state index contributed by atoms with van der Waals surface area (Å²) in [7, 11) is 0. The number of halogens is 1. The van der Waals surface area contributed by atoms with Crippen LogP contribution in [0.4, 0.5) is 11.4 Å². The summed E-state index contributed by atoms with van der Waals surface area (Å²) >= 11 is 5.96. The first-order valence-electron chi connectivity index (χ1n) is 10.00. The number of nitrogens with one attached hydrogen (secondary N) is 1.